The van der Waals surface area contributed by atoms with Crippen molar-refractivity contribution in [2.45, 2.75) is 19.4 Å². The van der Waals surface area contributed by atoms with Crippen molar-refractivity contribution in [1.29, 1.82) is 0 Å². The molecule has 1 aromatic rings. The van der Waals surface area contributed by atoms with E-state index in [0.717, 1.165) is 24.4 Å². The normalized spacial score (nSPS) is 20.8. The Labute approximate surface area is 138 Å². The number of amidine groups is 1. The van der Waals surface area contributed by atoms with Crippen LogP contribution in [-0.4, -0.2) is 30.5 Å². The molecule has 0 amide bonds. The van der Waals surface area contributed by atoms with Crippen LogP contribution in [0.25, 0.3) is 0 Å². The van der Waals surface area contributed by atoms with E-state index < -0.39 is 12.0 Å². The molecule has 1 aromatic carbocycles. The Morgan fingerprint density at radius 3 is 2.95 bits per heavy atom. The molecule has 2 aliphatic rings. The third-order valence-electron chi connectivity index (χ3n) is 3.81. The first-order valence-corrected chi connectivity index (χ1v) is 7.63. The fourth-order valence-electron chi connectivity index (χ4n) is 2.83. The zero-order valence-corrected chi connectivity index (χ0v) is 13.7. The van der Waals surface area contributed by atoms with Crippen LogP contribution in [0.2, 0.25) is 10.0 Å². The van der Waals surface area contributed by atoms with Gasteiger partial charge in [0.15, 0.2) is 0 Å². The number of hydrogen-bond donors (Lipinski definition) is 1. The quantitative estimate of drug-likeness (QED) is 0.841. The molecule has 116 valence electrons. The fraction of sp³-hybridized carbons (Fsp3) is 0.333. The number of methoxy groups -OCH3 is 1. The van der Waals surface area contributed by atoms with Gasteiger partial charge >= 0.3 is 5.97 Å². The van der Waals surface area contributed by atoms with Crippen molar-refractivity contribution in [3.63, 3.8) is 0 Å². The summed E-state index contributed by atoms with van der Waals surface area (Å²) in [7, 11) is 1.36. The van der Waals surface area contributed by atoms with Gasteiger partial charge < -0.3 is 4.74 Å². The average Bonchev–Trinajstić information content (AvgIpc) is 2.96. The molecule has 5 nitrogen and oxygen atoms in total. The van der Waals surface area contributed by atoms with Gasteiger partial charge in [-0.1, -0.05) is 35.3 Å². The lowest BCUT2D eigenvalue weighted by atomic mass is 9.95. The summed E-state index contributed by atoms with van der Waals surface area (Å²) in [6, 6.07) is 4.98. The molecule has 0 spiro atoms. The van der Waals surface area contributed by atoms with E-state index in [0.29, 0.717) is 21.3 Å². The second-order valence-electron chi connectivity index (χ2n) is 5.09. The minimum Gasteiger partial charge on any atom is -0.466 e. The number of rotatable bonds is 2. The van der Waals surface area contributed by atoms with Gasteiger partial charge in [0.2, 0.25) is 0 Å². The molecule has 2 aliphatic heterocycles. The molecular formula is C15H15Cl2N3O2. The van der Waals surface area contributed by atoms with Gasteiger partial charge in [-0.25, -0.2) is 15.2 Å². The largest absolute Gasteiger partial charge is 0.466 e. The molecule has 3 rings (SSSR count). The van der Waals surface area contributed by atoms with E-state index in [1.807, 2.05) is 17.1 Å². The number of carbonyl (C=O) groups is 1. The summed E-state index contributed by atoms with van der Waals surface area (Å²) < 4.78 is 4.93. The Bertz CT molecular complexity index is 700. The first kappa shape index (κ1) is 15.3. The van der Waals surface area contributed by atoms with Crippen LogP contribution in [0.1, 0.15) is 24.9 Å². The third-order valence-corrected chi connectivity index (χ3v) is 4.64. The third kappa shape index (κ3) is 2.39. The SMILES string of the molecule is COC(=O)C1=C(C)N=C2CCNN2C1c1cccc(Cl)c1Cl. The molecule has 2 heterocycles. The highest BCUT2D eigenvalue weighted by Crippen LogP contribution is 2.41. The van der Waals surface area contributed by atoms with Gasteiger partial charge in [-0.15, -0.1) is 0 Å². The van der Waals surface area contributed by atoms with E-state index >= 15 is 0 Å². The average molecular weight is 340 g/mol. The second-order valence-corrected chi connectivity index (χ2v) is 5.88. The Kier molecular flexibility index (Phi) is 4.12. The van der Waals surface area contributed by atoms with E-state index in [9.17, 15) is 4.79 Å². The summed E-state index contributed by atoms with van der Waals surface area (Å²) in [4.78, 5) is 16.8. The minimum atomic E-state index is -0.421. The summed E-state index contributed by atoms with van der Waals surface area (Å²) in [5.41, 5.74) is 5.09. The summed E-state index contributed by atoms with van der Waals surface area (Å²) in [5.74, 6) is 0.459. The molecule has 1 fully saturated rings. The lowest BCUT2D eigenvalue weighted by molar-refractivity contribution is -0.137. The van der Waals surface area contributed by atoms with E-state index in [4.69, 9.17) is 27.9 Å². The summed E-state index contributed by atoms with van der Waals surface area (Å²) in [6.07, 6.45) is 0.792. The van der Waals surface area contributed by atoms with Gasteiger partial charge in [0.1, 0.15) is 11.9 Å². The highest BCUT2D eigenvalue weighted by Gasteiger charge is 2.39. The summed E-state index contributed by atoms with van der Waals surface area (Å²) in [6.45, 7) is 2.57. The Morgan fingerprint density at radius 1 is 1.45 bits per heavy atom. The molecule has 0 saturated carbocycles. The zero-order valence-electron chi connectivity index (χ0n) is 12.2. The van der Waals surface area contributed by atoms with E-state index in [1.54, 1.807) is 13.0 Å². The Hall–Kier alpha value is -1.56. The summed E-state index contributed by atoms with van der Waals surface area (Å²) >= 11 is 12.5. The predicted octanol–water partition coefficient (Wildman–Crippen LogP) is 3.10. The number of nitrogens with one attached hydrogen (secondary N) is 1. The van der Waals surface area contributed by atoms with E-state index in [-0.39, 0.29) is 0 Å². The van der Waals surface area contributed by atoms with Crippen molar-refractivity contribution >= 4 is 35.0 Å². The standard InChI is InChI=1S/C15H15Cl2N3O2/c1-8-12(15(21)22-2)14(20-11(19-8)6-7-18-20)9-4-3-5-10(16)13(9)17/h3-5,14,18H,6-7H2,1-2H3. The van der Waals surface area contributed by atoms with Crippen LogP contribution in [0.5, 0.6) is 0 Å². The monoisotopic (exact) mass is 339 g/mol. The number of allylic oxidation sites excluding steroid dienone is 1. The van der Waals surface area contributed by atoms with Crippen molar-refractivity contribution in [3.05, 3.63) is 45.1 Å². The number of carbonyl (C=O) groups excluding carboxylic acids is 1. The number of aliphatic imine (C=N–C) groups is 1. The topological polar surface area (TPSA) is 53.9 Å². The number of esters is 1. The van der Waals surface area contributed by atoms with Gasteiger partial charge in [-0.05, 0) is 13.0 Å². The maximum Gasteiger partial charge on any atom is 0.338 e. The molecule has 0 bridgehead atoms. The summed E-state index contributed by atoms with van der Waals surface area (Å²) in [5, 5.41) is 2.75. The highest BCUT2D eigenvalue weighted by atomic mass is 35.5. The minimum absolute atomic E-state index is 0.409. The lowest BCUT2D eigenvalue weighted by Gasteiger charge is -2.35. The van der Waals surface area contributed by atoms with Crippen LogP contribution < -0.4 is 5.43 Å². The van der Waals surface area contributed by atoms with Crippen molar-refractivity contribution in [3.8, 4) is 0 Å². The number of hydrazine groups is 1. The number of ether oxygens (including phenoxy) is 1. The maximum atomic E-state index is 12.3. The molecule has 1 atom stereocenters. The first-order chi connectivity index (χ1) is 10.5. The number of hydrogen-bond acceptors (Lipinski definition) is 5. The van der Waals surface area contributed by atoms with Crippen molar-refractivity contribution < 1.29 is 9.53 Å². The molecule has 22 heavy (non-hydrogen) atoms. The molecule has 0 aromatic heterocycles. The molecular weight excluding hydrogens is 325 g/mol. The molecule has 0 aliphatic carbocycles. The van der Waals surface area contributed by atoms with Crippen LogP contribution in [0.15, 0.2) is 34.5 Å². The van der Waals surface area contributed by atoms with Crippen molar-refractivity contribution in [2.24, 2.45) is 4.99 Å². The van der Waals surface area contributed by atoms with Crippen molar-refractivity contribution in [2.75, 3.05) is 13.7 Å². The number of halogens is 2. The van der Waals surface area contributed by atoms with Gasteiger partial charge in [0.05, 0.1) is 28.4 Å². The first-order valence-electron chi connectivity index (χ1n) is 6.88. The smallest absolute Gasteiger partial charge is 0.338 e. The number of benzene rings is 1. The lowest BCUT2D eigenvalue weighted by Crippen LogP contribution is -2.42. The van der Waals surface area contributed by atoms with Crippen LogP contribution in [0.3, 0.4) is 0 Å². The molecule has 0 radical (unpaired) electrons. The van der Waals surface area contributed by atoms with Crippen molar-refractivity contribution in [1.82, 2.24) is 10.4 Å². The molecule has 7 heteroatoms. The van der Waals surface area contributed by atoms with Crippen LogP contribution >= 0.6 is 23.2 Å². The second kappa shape index (κ2) is 5.91. The highest BCUT2D eigenvalue weighted by molar-refractivity contribution is 6.42. The van der Waals surface area contributed by atoms with Gasteiger partial charge in [0.25, 0.3) is 0 Å². The van der Waals surface area contributed by atoms with Gasteiger partial charge in [0, 0.05) is 18.5 Å². The predicted molar refractivity (Wildman–Crippen MR) is 85.8 cm³/mol. The molecule has 1 unspecified atom stereocenters. The van der Waals surface area contributed by atoms with Gasteiger partial charge in [-0.2, -0.15) is 0 Å². The molecule has 1 saturated heterocycles. The van der Waals surface area contributed by atoms with Gasteiger partial charge in [-0.3, -0.25) is 5.01 Å². The maximum absolute atomic E-state index is 12.3. The van der Waals surface area contributed by atoms with E-state index in [1.165, 1.54) is 7.11 Å². The fourth-order valence-corrected chi connectivity index (χ4v) is 3.24. The number of fused-ring (bicyclic) bond motifs is 1. The van der Waals surface area contributed by atoms with Crippen LogP contribution in [0.4, 0.5) is 0 Å². The Balaban J connectivity index is 2.19. The Morgan fingerprint density at radius 2 is 2.23 bits per heavy atom. The zero-order chi connectivity index (χ0) is 15.9. The number of nitrogens with zero attached hydrogens (tertiary/aromatic N) is 2. The van der Waals surface area contributed by atoms with Crippen LogP contribution in [-0.2, 0) is 9.53 Å². The molecule has 1 N–H and O–H groups in total. The van der Waals surface area contributed by atoms with Crippen LogP contribution in [0, 0.1) is 0 Å². The van der Waals surface area contributed by atoms with E-state index in [2.05, 4.69) is 10.4 Å².